The fourth-order valence-corrected chi connectivity index (χ4v) is 4.34. The third-order valence-electron chi connectivity index (χ3n) is 5.62. The maximum Gasteiger partial charge on any atom is 0.338 e. The Balaban J connectivity index is 1.82. The molecule has 1 aliphatic heterocycles. The highest BCUT2D eigenvalue weighted by Gasteiger charge is 2.27. The molecule has 1 aliphatic rings. The van der Waals surface area contributed by atoms with Crippen molar-refractivity contribution in [1.82, 2.24) is 0 Å². The molecule has 2 N–H and O–H groups in total. The number of halogens is 1. The number of phenols is 1. The van der Waals surface area contributed by atoms with Crippen molar-refractivity contribution >= 4 is 17.2 Å². The standard InChI is InChI=1S/C27H26FNO4/c1-16-14-27(2,3)29-23-11-10-20(21-9-8-18(28)13-24(21)32-4)22(25(16)23)15-33-26(31)17-6-5-7-19(30)12-17/h5-14,29-30H,15H2,1-4H3. The van der Waals surface area contributed by atoms with E-state index in [1.54, 1.807) is 18.2 Å². The van der Waals surface area contributed by atoms with Gasteiger partial charge in [0.1, 0.15) is 23.9 Å². The first kappa shape index (κ1) is 22.4. The monoisotopic (exact) mass is 447 g/mol. The highest BCUT2D eigenvalue weighted by atomic mass is 19.1. The van der Waals surface area contributed by atoms with Gasteiger partial charge in [-0.3, -0.25) is 0 Å². The highest BCUT2D eigenvalue weighted by Crippen LogP contribution is 2.42. The summed E-state index contributed by atoms with van der Waals surface area (Å²) in [5.74, 6) is -0.569. The minimum absolute atomic E-state index is 0.0107. The van der Waals surface area contributed by atoms with Crippen LogP contribution in [0.3, 0.4) is 0 Å². The third-order valence-corrected chi connectivity index (χ3v) is 5.62. The van der Waals surface area contributed by atoms with Crippen molar-refractivity contribution in [3.05, 3.63) is 83.2 Å². The van der Waals surface area contributed by atoms with Gasteiger partial charge in [-0.05, 0) is 68.3 Å². The Bertz CT molecular complexity index is 1260. The summed E-state index contributed by atoms with van der Waals surface area (Å²) in [6.45, 7) is 6.17. The molecule has 0 aliphatic carbocycles. The van der Waals surface area contributed by atoms with Crippen LogP contribution in [0.5, 0.6) is 11.5 Å². The van der Waals surface area contributed by atoms with Gasteiger partial charge >= 0.3 is 5.97 Å². The van der Waals surface area contributed by atoms with E-state index in [-0.39, 0.29) is 23.5 Å². The molecule has 0 amide bonds. The summed E-state index contributed by atoms with van der Waals surface area (Å²) in [4.78, 5) is 12.7. The number of aromatic hydroxyl groups is 1. The number of hydrogen-bond acceptors (Lipinski definition) is 5. The Morgan fingerprint density at radius 1 is 1.09 bits per heavy atom. The zero-order valence-electron chi connectivity index (χ0n) is 19.0. The Hall–Kier alpha value is -3.80. The Morgan fingerprint density at radius 3 is 2.58 bits per heavy atom. The van der Waals surface area contributed by atoms with Crippen LogP contribution in [0.1, 0.15) is 42.3 Å². The van der Waals surface area contributed by atoms with Crippen LogP contribution < -0.4 is 10.1 Å². The SMILES string of the molecule is COc1cc(F)ccc1-c1ccc2c(c1COC(=O)c1cccc(O)c1)C(C)=CC(C)(C)N2. The third kappa shape index (κ3) is 4.55. The quantitative estimate of drug-likeness (QED) is 0.458. The van der Waals surface area contributed by atoms with Crippen molar-refractivity contribution in [1.29, 1.82) is 0 Å². The maximum absolute atomic E-state index is 13.9. The van der Waals surface area contributed by atoms with Gasteiger partial charge in [0, 0.05) is 28.4 Å². The number of esters is 1. The van der Waals surface area contributed by atoms with E-state index in [1.807, 2.05) is 19.1 Å². The Labute approximate surface area is 192 Å². The lowest BCUT2D eigenvalue weighted by Crippen LogP contribution is -2.32. The predicted octanol–water partition coefficient (Wildman–Crippen LogP) is 6.17. The molecular formula is C27H26FNO4. The molecule has 170 valence electrons. The summed E-state index contributed by atoms with van der Waals surface area (Å²) >= 11 is 0. The van der Waals surface area contributed by atoms with Gasteiger partial charge in [-0.1, -0.05) is 18.2 Å². The number of methoxy groups -OCH3 is 1. The van der Waals surface area contributed by atoms with E-state index in [2.05, 4.69) is 25.2 Å². The van der Waals surface area contributed by atoms with Crippen LogP contribution in [0.2, 0.25) is 0 Å². The van der Waals surface area contributed by atoms with Gasteiger partial charge in [0.2, 0.25) is 0 Å². The molecule has 5 nitrogen and oxygen atoms in total. The highest BCUT2D eigenvalue weighted by molar-refractivity contribution is 5.91. The molecule has 3 aromatic carbocycles. The minimum Gasteiger partial charge on any atom is -0.508 e. The van der Waals surface area contributed by atoms with E-state index in [0.717, 1.165) is 28.0 Å². The van der Waals surface area contributed by atoms with Crippen molar-refractivity contribution < 1.29 is 23.8 Å². The van der Waals surface area contributed by atoms with Gasteiger partial charge in [-0.25, -0.2) is 9.18 Å². The van der Waals surface area contributed by atoms with Gasteiger partial charge in [0.25, 0.3) is 0 Å². The fourth-order valence-electron chi connectivity index (χ4n) is 4.34. The van der Waals surface area contributed by atoms with Crippen molar-refractivity contribution in [3.63, 3.8) is 0 Å². The lowest BCUT2D eigenvalue weighted by Gasteiger charge is -2.33. The number of hydrogen-bond donors (Lipinski definition) is 2. The van der Waals surface area contributed by atoms with Gasteiger partial charge < -0.3 is 19.9 Å². The summed E-state index contributed by atoms with van der Waals surface area (Å²) in [6.07, 6.45) is 2.13. The lowest BCUT2D eigenvalue weighted by molar-refractivity contribution is 0.0472. The smallest absolute Gasteiger partial charge is 0.338 e. The molecule has 3 aromatic rings. The molecule has 0 fully saturated rings. The van der Waals surface area contributed by atoms with E-state index < -0.39 is 11.8 Å². The summed E-state index contributed by atoms with van der Waals surface area (Å²) in [6, 6.07) is 14.3. The van der Waals surface area contributed by atoms with Gasteiger partial charge in [0.15, 0.2) is 0 Å². The van der Waals surface area contributed by atoms with Crippen molar-refractivity contribution in [2.45, 2.75) is 32.9 Å². The molecule has 1 heterocycles. The number of carbonyl (C=O) groups is 1. The summed E-state index contributed by atoms with van der Waals surface area (Å²) in [5, 5.41) is 13.2. The van der Waals surface area contributed by atoms with Gasteiger partial charge in [-0.15, -0.1) is 0 Å². The maximum atomic E-state index is 13.9. The van der Waals surface area contributed by atoms with Crippen LogP contribution in [0.4, 0.5) is 10.1 Å². The summed E-state index contributed by atoms with van der Waals surface area (Å²) in [5.41, 5.74) is 5.18. The first-order chi connectivity index (χ1) is 15.7. The van der Waals surface area contributed by atoms with E-state index >= 15 is 0 Å². The average Bonchev–Trinajstić information content (AvgIpc) is 2.76. The van der Waals surface area contributed by atoms with E-state index in [4.69, 9.17) is 9.47 Å². The molecule has 0 saturated carbocycles. The normalized spacial score (nSPS) is 14.0. The van der Waals surface area contributed by atoms with Gasteiger partial charge in [-0.2, -0.15) is 0 Å². The van der Waals surface area contributed by atoms with Crippen LogP contribution in [-0.4, -0.2) is 23.7 Å². The van der Waals surface area contributed by atoms with Crippen molar-refractivity contribution in [2.24, 2.45) is 0 Å². The van der Waals surface area contributed by atoms with E-state index in [1.165, 1.54) is 31.4 Å². The van der Waals surface area contributed by atoms with E-state index in [0.29, 0.717) is 11.3 Å². The van der Waals surface area contributed by atoms with Crippen LogP contribution in [-0.2, 0) is 11.3 Å². The number of phenolic OH excluding ortho intramolecular Hbond substituents is 1. The number of ether oxygens (including phenoxy) is 2. The molecule has 0 saturated heterocycles. The summed E-state index contributed by atoms with van der Waals surface area (Å²) in [7, 11) is 1.49. The zero-order chi connectivity index (χ0) is 23.8. The Kier molecular flexibility index (Phi) is 5.85. The number of allylic oxidation sites excluding steroid dienone is 1. The molecule has 0 atom stereocenters. The van der Waals surface area contributed by atoms with Crippen LogP contribution in [0.15, 0.2) is 60.7 Å². The number of nitrogens with one attached hydrogen (secondary N) is 1. The van der Waals surface area contributed by atoms with Crippen molar-refractivity contribution in [3.8, 4) is 22.6 Å². The van der Waals surface area contributed by atoms with Crippen LogP contribution in [0, 0.1) is 5.82 Å². The first-order valence-electron chi connectivity index (χ1n) is 10.6. The van der Waals surface area contributed by atoms with Crippen molar-refractivity contribution in [2.75, 3.05) is 12.4 Å². The minimum atomic E-state index is -0.550. The molecule has 0 radical (unpaired) electrons. The molecule has 33 heavy (non-hydrogen) atoms. The largest absolute Gasteiger partial charge is 0.508 e. The first-order valence-corrected chi connectivity index (χ1v) is 10.6. The second-order valence-corrected chi connectivity index (χ2v) is 8.66. The zero-order valence-corrected chi connectivity index (χ0v) is 19.0. The predicted molar refractivity (Wildman–Crippen MR) is 127 cm³/mol. The van der Waals surface area contributed by atoms with Crippen LogP contribution in [0.25, 0.3) is 16.7 Å². The fraction of sp³-hybridized carbons (Fsp3) is 0.222. The molecule has 0 spiro atoms. The van der Waals surface area contributed by atoms with Crippen LogP contribution >= 0.6 is 0 Å². The second-order valence-electron chi connectivity index (χ2n) is 8.66. The number of carbonyl (C=O) groups excluding carboxylic acids is 1. The molecular weight excluding hydrogens is 421 g/mol. The average molecular weight is 448 g/mol. The number of rotatable bonds is 5. The number of fused-ring (bicyclic) bond motifs is 1. The topological polar surface area (TPSA) is 67.8 Å². The number of anilines is 1. The van der Waals surface area contributed by atoms with E-state index in [9.17, 15) is 14.3 Å². The molecule has 0 unspecified atom stereocenters. The lowest BCUT2D eigenvalue weighted by atomic mass is 9.85. The summed E-state index contributed by atoms with van der Waals surface area (Å²) < 4.78 is 25.0. The molecule has 4 rings (SSSR count). The molecule has 6 heteroatoms. The Morgan fingerprint density at radius 2 is 1.85 bits per heavy atom. The van der Waals surface area contributed by atoms with Gasteiger partial charge in [0.05, 0.1) is 18.2 Å². The molecule has 0 aromatic heterocycles. The molecule has 0 bridgehead atoms. The second kappa shape index (κ2) is 8.62. The number of benzene rings is 3.